The average molecular weight is 346 g/mol. The molecule has 0 saturated carbocycles. The van der Waals surface area contributed by atoms with Gasteiger partial charge in [0.1, 0.15) is 0 Å². The Morgan fingerprint density at radius 2 is 1.92 bits per heavy atom. The number of carbonyl (C=O) groups excluding carboxylic acids is 2. The summed E-state index contributed by atoms with van der Waals surface area (Å²) in [5.74, 6) is -0.810. The summed E-state index contributed by atoms with van der Waals surface area (Å²) in [7, 11) is 0. The van der Waals surface area contributed by atoms with Crippen LogP contribution in [0.2, 0.25) is 0 Å². The summed E-state index contributed by atoms with van der Waals surface area (Å²) in [6.45, 7) is 1.79. The zero-order chi connectivity index (χ0) is 18.5. The summed E-state index contributed by atoms with van der Waals surface area (Å²) in [5, 5.41) is 2.72. The largest absolute Gasteiger partial charge is 0.366 e. The lowest BCUT2D eigenvalue weighted by molar-refractivity contribution is -0.111. The third-order valence-electron chi connectivity index (χ3n) is 3.89. The number of anilines is 1. The van der Waals surface area contributed by atoms with Gasteiger partial charge >= 0.3 is 0 Å². The van der Waals surface area contributed by atoms with Gasteiger partial charge in [-0.3, -0.25) is 9.59 Å². The van der Waals surface area contributed by atoms with E-state index in [2.05, 4.69) is 10.3 Å². The Morgan fingerprint density at radius 3 is 2.58 bits per heavy atom. The fraction of sp³-hybridized carbons (Fsp3) is 0.0500. The number of primary amides is 1. The van der Waals surface area contributed by atoms with Crippen LogP contribution in [0.1, 0.15) is 21.5 Å². The first-order chi connectivity index (χ1) is 12.5. The Labute approximate surface area is 151 Å². The van der Waals surface area contributed by atoms with Crippen molar-refractivity contribution in [1.82, 2.24) is 9.55 Å². The van der Waals surface area contributed by atoms with Crippen molar-refractivity contribution in [3.63, 3.8) is 0 Å². The van der Waals surface area contributed by atoms with E-state index in [4.69, 9.17) is 5.73 Å². The van der Waals surface area contributed by atoms with E-state index in [0.717, 1.165) is 16.8 Å². The third kappa shape index (κ3) is 4.05. The number of carbonyl (C=O) groups is 2. The second kappa shape index (κ2) is 7.48. The van der Waals surface area contributed by atoms with Gasteiger partial charge in [0.05, 0.1) is 6.33 Å². The lowest BCUT2D eigenvalue weighted by Gasteiger charge is -2.06. The van der Waals surface area contributed by atoms with E-state index in [1.807, 2.05) is 35.0 Å². The first kappa shape index (κ1) is 17.2. The molecular formula is C20H18N4O2. The smallest absolute Gasteiger partial charge is 0.249 e. The molecule has 0 unspecified atom stereocenters. The molecule has 0 bridgehead atoms. The van der Waals surface area contributed by atoms with Crippen LogP contribution >= 0.6 is 0 Å². The van der Waals surface area contributed by atoms with Gasteiger partial charge in [0.25, 0.3) is 0 Å². The van der Waals surface area contributed by atoms with Crippen molar-refractivity contribution in [1.29, 1.82) is 0 Å². The van der Waals surface area contributed by atoms with Crippen LogP contribution in [-0.2, 0) is 4.79 Å². The molecule has 0 aliphatic heterocycles. The van der Waals surface area contributed by atoms with Crippen molar-refractivity contribution in [3.05, 3.63) is 84.0 Å². The van der Waals surface area contributed by atoms with Crippen LogP contribution in [0.3, 0.4) is 0 Å². The maximum absolute atomic E-state index is 12.1. The van der Waals surface area contributed by atoms with Crippen molar-refractivity contribution >= 4 is 23.6 Å². The molecule has 2 aromatic carbocycles. The second-order valence-electron chi connectivity index (χ2n) is 5.78. The standard InChI is InChI=1S/C20H18N4O2/c1-14-2-6-16(12-18(14)20(21)26)23-19(25)9-5-15-3-7-17(8-4-15)24-11-10-22-13-24/h2-13H,1H3,(H2,21,26)(H,23,25)/b9-5+. The highest BCUT2D eigenvalue weighted by Crippen LogP contribution is 2.15. The number of benzene rings is 2. The van der Waals surface area contributed by atoms with Crippen LogP contribution in [0.5, 0.6) is 0 Å². The summed E-state index contributed by atoms with van der Waals surface area (Å²) in [6, 6.07) is 12.8. The van der Waals surface area contributed by atoms with E-state index < -0.39 is 5.91 Å². The molecule has 3 N–H and O–H groups in total. The van der Waals surface area contributed by atoms with Crippen LogP contribution in [0.25, 0.3) is 11.8 Å². The lowest BCUT2D eigenvalue weighted by atomic mass is 10.1. The molecule has 1 aromatic heterocycles. The number of rotatable bonds is 5. The molecule has 0 aliphatic rings. The molecule has 0 saturated heterocycles. The quantitative estimate of drug-likeness (QED) is 0.696. The number of aromatic nitrogens is 2. The summed E-state index contributed by atoms with van der Waals surface area (Å²) in [5.41, 5.74) is 8.89. The zero-order valence-electron chi connectivity index (χ0n) is 14.2. The number of hydrogen-bond donors (Lipinski definition) is 2. The lowest BCUT2D eigenvalue weighted by Crippen LogP contribution is -2.14. The van der Waals surface area contributed by atoms with Crippen LogP contribution in [-0.4, -0.2) is 21.4 Å². The van der Waals surface area contributed by atoms with Gasteiger partial charge in [0.2, 0.25) is 11.8 Å². The number of nitrogens with one attached hydrogen (secondary N) is 1. The van der Waals surface area contributed by atoms with Crippen molar-refractivity contribution in [2.45, 2.75) is 6.92 Å². The molecule has 2 amide bonds. The summed E-state index contributed by atoms with van der Waals surface area (Å²) in [4.78, 5) is 27.5. The number of nitrogens with two attached hydrogens (primary N) is 1. The number of imidazole rings is 1. The Hall–Kier alpha value is -3.67. The van der Waals surface area contributed by atoms with Crippen LogP contribution in [0.15, 0.2) is 67.3 Å². The van der Waals surface area contributed by atoms with E-state index in [1.165, 1.54) is 6.08 Å². The number of hydrogen-bond acceptors (Lipinski definition) is 3. The highest BCUT2D eigenvalue weighted by atomic mass is 16.1. The maximum atomic E-state index is 12.1. The molecule has 26 heavy (non-hydrogen) atoms. The predicted molar refractivity (Wildman–Crippen MR) is 101 cm³/mol. The van der Waals surface area contributed by atoms with Crippen molar-refractivity contribution < 1.29 is 9.59 Å². The fourth-order valence-corrected chi connectivity index (χ4v) is 2.49. The van der Waals surface area contributed by atoms with Crippen LogP contribution < -0.4 is 11.1 Å². The zero-order valence-corrected chi connectivity index (χ0v) is 14.2. The highest BCUT2D eigenvalue weighted by molar-refractivity contribution is 6.03. The maximum Gasteiger partial charge on any atom is 0.249 e. The molecular weight excluding hydrogens is 328 g/mol. The van der Waals surface area contributed by atoms with Gasteiger partial charge in [-0.2, -0.15) is 0 Å². The molecule has 1 heterocycles. The van der Waals surface area contributed by atoms with Gasteiger partial charge in [0.15, 0.2) is 0 Å². The minimum atomic E-state index is -0.521. The topological polar surface area (TPSA) is 90.0 Å². The van der Waals surface area contributed by atoms with E-state index in [-0.39, 0.29) is 5.91 Å². The molecule has 130 valence electrons. The van der Waals surface area contributed by atoms with Crippen LogP contribution in [0.4, 0.5) is 5.69 Å². The molecule has 0 spiro atoms. The van der Waals surface area contributed by atoms with E-state index in [0.29, 0.717) is 11.3 Å². The first-order valence-electron chi connectivity index (χ1n) is 8.01. The molecule has 3 aromatic rings. The second-order valence-corrected chi connectivity index (χ2v) is 5.78. The third-order valence-corrected chi connectivity index (χ3v) is 3.89. The van der Waals surface area contributed by atoms with E-state index in [1.54, 1.807) is 43.7 Å². The molecule has 0 radical (unpaired) electrons. The SMILES string of the molecule is Cc1ccc(NC(=O)/C=C/c2ccc(-n3ccnc3)cc2)cc1C(N)=O. The predicted octanol–water partition coefficient (Wildman–Crippen LogP) is 2.93. The van der Waals surface area contributed by atoms with Crippen molar-refractivity contribution in [2.75, 3.05) is 5.32 Å². The number of amides is 2. The van der Waals surface area contributed by atoms with Crippen molar-refractivity contribution in [3.8, 4) is 5.69 Å². The number of nitrogens with zero attached hydrogens (tertiary/aromatic N) is 2. The van der Waals surface area contributed by atoms with Gasteiger partial charge in [-0.05, 0) is 48.4 Å². The summed E-state index contributed by atoms with van der Waals surface area (Å²) < 4.78 is 1.90. The van der Waals surface area contributed by atoms with Gasteiger partial charge in [-0.25, -0.2) is 4.98 Å². The van der Waals surface area contributed by atoms with E-state index in [9.17, 15) is 9.59 Å². The Kier molecular flexibility index (Phi) is 4.94. The monoisotopic (exact) mass is 346 g/mol. The first-order valence-corrected chi connectivity index (χ1v) is 8.01. The van der Waals surface area contributed by atoms with Gasteiger partial charge in [0, 0.05) is 35.4 Å². The normalized spacial score (nSPS) is 10.8. The molecule has 3 rings (SSSR count). The Bertz CT molecular complexity index is 958. The van der Waals surface area contributed by atoms with Gasteiger partial charge in [-0.1, -0.05) is 18.2 Å². The molecule has 6 heteroatoms. The van der Waals surface area contributed by atoms with E-state index >= 15 is 0 Å². The molecule has 0 aliphatic carbocycles. The fourth-order valence-electron chi connectivity index (χ4n) is 2.49. The minimum Gasteiger partial charge on any atom is -0.366 e. The number of aryl methyl sites for hydroxylation is 1. The van der Waals surface area contributed by atoms with Gasteiger partial charge < -0.3 is 15.6 Å². The summed E-state index contributed by atoms with van der Waals surface area (Å²) >= 11 is 0. The van der Waals surface area contributed by atoms with Gasteiger partial charge in [-0.15, -0.1) is 0 Å². The minimum absolute atomic E-state index is 0.289. The molecule has 6 nitrogen and oxygen atoms in total. The molecule has 0 atom stereocenters. The highest BCUT2D eigenvalue weighted by Gasteiger charge is 2.07. The van der Waals surface area contributed by atoms with Crippen molar-refractivity contribution in [2.24, 2.45) is 5.73 Å². The molecule has 0 fully saturated rings. The average Bonchev–Trinajstić information content (AvgIpc) is 3.16. The van der Waals surface area contributed by atoms with Crippen LogP contribution in [0, 0.1) is 6.92 Å². The summed E-state index contributed by atoms with van der Waals surface area (Å²) in [6.07, 6.45) is 8.46. The Morgan fingerprint density at radius 1 is 1.15 bits per heavy atom. The Balaban J connectivity index is 1.66.